The zero-order chi connectivity index (χ0) is 18.7. The lowest BCUT2D eigenvalue weighted by molar-refractivity contribution is -0.187. The second kappa shape index (κ2) is 7.60. The molecule has 6 nitrogen and oxygen atoms in total. The van der Waals surface area contributed by atoms with Gasteiger partial charge in [-0.15, -0.1) is 0 Å². The van der Waals surface area contributed by atoms with Crippen molar-refractivity contribution in [3.8, 4) is 0 Å². The third-order valence-electron chi connectivity index (χ3n) is 5.30. The lowest BCUT2D eigenvalue weighted by atomic mass is 9.82. The van der Waals surface area contributed by atoms with Crippen molar-refractivity contribution in [1.82, 2.24) is 14.9 Å². The van der Waals surface area contributed by atoms with E-state index in [-0.39, 0.29) is 23.7 Å². The molecule has 2 saturated heterocycles. The summed E-state index contributed by atoms with van der Waals surface area (Å²) in [7, 11) is 0. The SMILES string of the molecule is O=C(Cc1cccc(F)c1)N1CC2(CC[C@@H](CNc3ncccn3)CO2)C1. The van der Waals surface area contributed by atoms with Crippen molar-refractivity contribution in [3.63, 3.8) is 0 Å². The van der Waals surface area contributed by atoms with E-state index in [1.807, 2.05) is 0 Å². The Morgan fingerprint density at radius 1 is 1.30 bits per heavy atom. The van der Waals surface area contributed by atoms with Gasteiger partial charge in [-0.3, -0.25) is 4.79 Å². The molecular weight excluding hydrogens is 347 g/mol. The minimum atomic E-state index is -0.309. The van der Waals surface area contributed by atoms with Crippen LogP contribution in [0.15, 0.2) is 42.7 Å². The van der Waals surface area contributed by atoms with Crippen molar-refractivity contribution < 1.29 is 13.9 Å². The molecular formula is C20H23FN4O2. The number of amides is 1. The summed E-state index contributed by atoms with van der Waals surface area (Å²) in [6.45, 7) is 2.71. The highest BCUT2D eigenvalue weighted by molar-refractivity contribution is 5.80. The minimum absolute atomic E-state index is 0.0276. The van der Waals surface area contributed by atoms with Crippen LogP contribution < -0.4 is 5.32 Å². The molecule has 1 aromatic carbocycles. The van der Waals surface area contributed by atoms with Gasteiger partial charge in [0.25, 0.3) is 0 Å². The molecule has 2 fully saturated rings. The van der Waals surface area contributed by atoms with Crippen LogP contribution in [0.3, 0.4) is 0 Å². The van der Waals surface area contributed by atoms with E-state index in [0.717, 1.165) is 19.4 Å². The maximum atomic E-state index is 13.3. The van der Waals surface area contributed by atoms with Gasteiger partial charge in [0.15, 0.2) is 0 Å². The molecule has 4 rings (SSSR count). The first-order valence-corrected chi connectivity index (χ1v) is 9.29. The van der Waals surface area contributed by atoms with Gasteiger partial charge < -0.3 is 15.0 Å². The number of carbonyl (C=O) groups is 1. The average Bonchev–Trinajstić information content (AvgIpc) is 2.66. The standard InChI is InChI=1S/C20H23FN4O2/c21-17-4-1-3-15(9-17)10-18(26)25-13-20(14-25)6-5-16(12-27-20)11-24-19-22-7-2-8-23-19/h1-4,7-9,16H,5-6,10-14H2,(H,22,23,24)/t16-/m0/s1. The molecule has 7 heteroatoms. The molecule has 1 atom stereocenters. The Morgan fingerprint density at radius 3 is 2.81 bits per heavy atom. The van der Waals surface area contributed by atoms with Gasteiger partial charge in [-0.25, -0.2) is 14.4 Å². The van der Waals surface area contributed by atoms with Gasteiger partial charge in [0.05, 0.1) is 26.1 Å². The van der Waals surface area contributed by atoms with Crippen molar-refractivity contribution in [2.75, 3.05) is 31.6 Å². The lowest BCUT2D eigenvalue weighted by Gasteiger charge is -2.52. The Morgan fingerprint density at radius 2 is 2.11 bits per heavy atom. The number of likely N-dealkylation sites (tertiary alicyclic amines) is 1. The van der Waals surface area contributed by atoms with E-state index >= 15 is 0 Å². The summed E-state index contributed by atoms with van der Waals surface area (Å²) in [6, 6.07) is 8.00. The molecule has 0 bridgehead atoms. The lowest BCUT2D eigenvalue weighted by Crippen LogP contribution is -2.66. The smallest absolute Gasteiger partial charge is 0.227 e. The fraction of sp³-hybridized carbons (Fsp3) is 0.450. The number of nitrogens with zero attached hydrogens (tertiary/aromatic N) is 3. The van der Waals surface area contributed by atoms with Gasteiger partial charge in [-0.2, -0.15) is 0 Å². The Kier molecular flexibility index (Phi) is 5.03. The third kappa shape index (κ3) is 4.24. The first-order chi connectivity index (χ1) is 13.1. The zero-order valence-corrected chi connectivity index (χ0v) is 15.1. The predicted octanol–water partition coefficient (Wildman–Crippen LogP) is 2.28. The van der Waals surface area contributed by atoms with E-state index in [2.05, 4.69) is 15.3 Å². The largest absolute Gasteiger partial charge is 0.371 e. The molecule has 2 aliphatic rings. The maximum absolute atomic E-state index is 13.3. The summed E-state index contributed by atoms with van der Waals surface area (Å²) < 4.78 is 19.4. The molecule has 2 aliphatic heterocycles. The molecule has 0 saturated carbocycles. The van der Waals surface area contributed by atoms with E-state index in [1.165, 1.54) is 12.1 Å². The van der Waals surface area contributed by atoms with Gasteiger partial charge >= 0.3 is 0 Å². The Labute approximate surface area is 157 Å². The van der Waals surface area contributed by atoms with Crippen molar-refractivity contribution in [1.29, 1.82) is 0 Å². The van der Waals surface area contributed by atoms with Crippen LogP contribution in [0.2, 0.25) is 0 Å². The summed E-state index contributed by atoms with van der Waals surface area (Å²) in [5, 5.41) is 3.24. The number of rotatable bonds is 5. The molecule has 3 heterocycles. The third-order valence-corrected chi connectivity index (χ3v) is 5.30. The molecule has 0 radical (unpaired) electrons. The van der Waals surface area contributed by atoms with E-state index in [9.17, 15) is 9.18 Å². The molecule has 27 heavy (non-hydrogen) atoms. The number of ether oxygens (including phenoxy) is 1. The van der Waals surface area contributed by atoms with E-state index in [0.29, 0.717) is 37.1 Å². The Bertz CT molecular complexity index is 786. The van der Waals surface area contributed by atoms with Gasteiger partial charge in [0.2, 0.25) is 11.9 Å². The summed E-state index contributed by atoms with van der Waals surface area (Å²) in [6.07, 6.45) is 5.65. The van der Waals surface area contributed by atoms with Crippen LogP contribution in [0, 0.1) is 11.7 Å². The number of hydrogen-bond acceptors (Lipinski definition) is 5. The van der Waals surface area contributed by atoms with Crippen molar-refractivity contribution >= 4 is 11.9 Å². The van der Waals surface area contributed by atoms with E-state index < -0.39 is 0 Å². The molecule has 2 aromatic rings. The highest BCUT2D eigenvalue weighted by Gasteiger charge is 2.48. The van der Waals surface area contributed by atoms with Crippen molar-refractivity contribution in [3.05, 3.63) is 54.1 Å². The second-order valence-electron chi connectivity index (χ2n) is 7.41. The first kappa shape index (κ1) is 17.9. The molecule has 1 N–H and O–H groups in total. The predicted molar refractivity (Wildman–Crippen MR) is 98.6 cm³/mol. The van der Waals surface area contributed by atoms with Crippen LogP contribution in [0.1, 0.15) is 18.4 Å². The number of aromatic nitrogens is 2. The van der Waals surface area contributed by atoms with Crippen LogP contribution in [0.25, 0.3) is 0 Å². The number of halogens is 1. The number of carbonyl (C=O) groups excluding carboxylic acids is 1. The number of hydrogen-bond donors (Lipinski definition) is 1. The van der Waals surface area contributed by atoms with Crippen molar-refractivity contribution in [2.45, 2.75) is 24.9 Å². The van der Waals surface area contributed by atoms with Crippen LogP contribution in [-0.4, -0.2) is 52.6 Å². The second-order valence-corrected chi connectivity index (χ2v) is 7.41. The monoisotopic (exact) mass is 370 g/mol. The summed E-state index contributed by atoms with van der Waals surface area (Å²) in [5.74, 6) is 0.767. The molecule has 142 valence electrons. The van der Waals surface area contributed by atoms with Crippen LogP contribution in [0.4, 0.5) is 10.3 Å². The highest BCUT2D eigenvalue weighted by Crippen LogP contribution is 2.36. The highest BCUT2D eigenvalue weighted by atomic mass is 19.1. The van der Waals surface area contributed by atoms with E-state index in [4.69, 9.17) is 4.74 Å². The number of nitrogens with one attached hydrogen (secondary N) is 1. The topological polar surface area (TPSA) is 67.4 Å². The molecule has 1 amide bonds. The van der Waals surface area contributed by atoms with Gasteiger partial charge in [0.1, 0.15) is 11.4 Å². The molecule has 0 aliphatic carbocycles. The van der Waals surface area contributed by atoms with Crippen molar-refractivity contribution in [2.24, 2.45) is 5.92 Å². The Balaban J connectivity index is 1.21. The summed E-state index contributed by atoms with van der Waals surface area (Å²) >= 11 is 0. The number of anilines is 1. The molecule has 1 aromatic heterocycles. The van der Waals surface area contributed by atoms with Gasteiger partial charge in [0, 0.05) is 18.9 Å². The zero-order valence-electron chi connectivity index (χ0n) is 15.1. The maximum Gasteiger partial charge on any atom is 0.227 e. The first-order valence-electron chi connectivity index (χ1n) is 9.29. The fourth-order valence-electron chi connectivity index (χ4n) is 3.71. The van der Waals surface area contributed by atoms with Gasteiger partial charge in [-0.05, 0) is 42.5 Å². The minimum Gasteiger partial charge on any atom is -0.371 e. The van der Waals surface area contributed by atoms with Crippen LogP contribution in [0.5, 0.6) is 0 Å². The van der Waals surface area contributed by atoms with Crippen LogP contribution >= 0.6 is 0 Å². The molecule has 1 spiro atoms. The quantitative estimate of drug-likeness (QED) is 0.875. The summed E-state index contributed by atoms with van der Waals surface area (Å²) in [4.78, 5) is 22.5. The average molecular weight is 370 g/mol. The summed E-state index contributed by atoms with van der Waals surface area (Å²) in [5.41, 5.74) is 0.511. The van der Waals surface area contributed by atoms with E-state index in [1.54, 1.807) is 35.5 Å². The fourth-order valence-corrected chi connectivity index (χ4v) is 3.71. The normalized spacial score (nSPS) is 20.9. The van der Waals surface area contributed by atoms with Gasteiger partial charge in [-0.1, -0.05) is 12.1 Å². The van der Waals surface area contributed by atoms with Crippen LogP contribution in [-0.2, 0) is 16.0 Å². The molecule has 0 unspecified atom stereocenters. The Hall–Kier alpha value is -2.54. The number of benzene rings is 1.